The first kappa shape index (κ1) is 18.7. The van der Waals surface area contributed by atoms with Crippen LogP contribution in [0.2, 0.25) is 0 Å². The molecule has 1 unspecified atom stereocenters. The number of rotatable bonds is 6. The van der Waals surface area contributed by atoms with E-state index in [1.807, 2.05) is 31.2 Å². The zero-order valence-electron chi connectivity index (χ0n) is 16.1. The Labute approximate surface area is 157 Å². The normalized spacial score (nSPS) is 16.5. The van der Waals surface area contributed by atoms with Gasteiger partial charge in [-0.2, -0.15) is 0 Å². The van der Waals surface area contributed by atoms with Crippen LogP contribution in [0.4, 0.5) is 5.69 Å². The summed E-state index contributed by atoms with van der Waals surface area (Å²) in [5.41, 5.74) is 5.15. The first-order valence-electron chi connectivity index (χ1n) is 9.44. The second-order valence-corrected chi connectivity index (χ2v) is 7.24. The van der Waals surface area contributed by atoms with Crippen molar-refractivity contribution in [3.8, 4) is 5.75 Å². The molecule has 1 fully saturated rings. The fourth-order valence-corrected chi connectivity index (χ4v) is 3.50. The van der Waals surface area contributed by atoms with Crippen LogP contribution in [-0.2, 0) is 0 Å². The molecule has 1 N–H and O–H groups in total. The van der Waals surface area contributed by atoms with Crippen molar-refractivity contribution in [2.75, 3.05) is 44.2 Å². The molecule has 0 aliphatic carbocycles. The van der Waals surface area contributed by atoms with Gasteiger partial charge in [-0.1, -0.05) is 30.3 Å². The van der Waals surface area contributed by atoms with Crippen LogP contribution in [-0.4, -0.2) is 55.4 Å². The van der Waals surface area contributed by atoms with Gasteiger partial charge >= 0.3 is 0 Å². The molecule has 4 nitrogen and oxygen atoms in total. The van der Waals surface area contributed by atoms with E-state index in [1.165, 1.54) is 16.8 Å². The number of aryl methyl sites for hydroxylation is 2. The van der Waals surface area contributed by atoms with Crippen molar-refractivity contribution in [2.45, 2.75) is 26.9 Å². The molecule has 4 heteroatoms. The lowest BCUT2D eigenvalue weighted by atomic mass is 10.1. The SMILES string of the molecule is Cc1ccccc1OCC(O)CN1CCN(c2cccc(C)c2C)CC1. The molecular formula is C22H30N2O2. The Balaban J connectivity index is 1.46. The highest BCUT2D eigenvalue weighted by molar-refractivity contribution is 5.56. The molecule has 0 aromatic heterocycles. The number of aliphatic hydroxyl groups is 1. The monoisotopic (exact) mass is 354 g/mol. The summed E-state index contributed by atoms with van der Waals surface area (Å²) in [4.78, 5) is 4.78. The Bertz CT molecular complexity index is 724. The maximum atomic E-state index is 10.3. The molecule has 0 amide bonds. The van der Waals surface area contributed by atoms with Gasteiger partial charge in [-0.15, -0.1) is 0 Å². The van der Waals surface area contributed by atoms with Crippen molar-refractivity contribution in [1.82, 2.24) is 4.90 Å². The summed E-state index contributed by atoms with van der Waals surface area (Å²) in [5.74, 6) is 0.853. The average molecular weight is 354 g/mol. The molecule has 0 bridgehead atoms. The van der Waals surface area contributed by atoms with E-state index in [-0.39, 0.29) is 0 Å². The summed E-state index contributed by atoms with van der Waals surface area (Å²) in [6, 6.07) is 14.4. The highest BCUT2D eigenvalue weighted by Crippen LogP contribution is 2.24. The molecule has 3 rings (SSSR count). The largest absolute Gasteiger partial charge is 0.491 e. The van der Waals surface area contributed by atoms with Crippen LogP contribution in [0.15, 0.2) is 42.5 Å². The van der Waals surface area contributed by atoms with Gasteiger partial charge in [0, 0.05) is 38.4 Å². The van der Waals surface area contributed by atoms with Gasteiger partial charge in [0.2, 0.25) is 0 Å². The molecule has 1 atom stereocenters. The molecule has 26 heavy (non-hydrogen) atoms. The number of anilines is 1. The van der Waals surface area contributed by atoms with Crippen molar-refractivity contribution in [1.29, 1.82) is 0 Å². The molecule has 140 valence electrons. The first-order valence-corrected chi connectivity index (χ1v) is 9.44. The zero-order chi connectivity index (χ0) is 18.5. The number of β-amino-alcohol motifs (C(OH)–C–C–N with tert-alkyl or cyclic N) is 1. The Morgan fingerprint density at radius 2 is 1.62 bits per heavy atom. The Morgan fingerprint density at radius 3 is 2.35 bits per heavy atom. The van der Waals surface area contributed by atoms with Crippen LogP contribution >= 0.6 is 0 Å². The maximum Gasteiger partial charge on any atom is 0.122 e. The Hall–Kier alpha value is -2.04. The van der Waals surface area contributed by atoms with Crippen molar-refractivity contribution >= 4 is 5.69 Å². The number of hydrogen-bond donors (Lipinski definition) is 1. The fraction of sp³-hybridized carbons (Fsp3) is 0.455. The van der Waals surface area contributed by atoms with E-state index in [9.17, 15) is 5.11 Å². The standard InChI is InChI=1S/C22H30N2O2/c1-17-8-6-9-21(19(17)3)24-13-11-23(12-14-24)15-20(25)16-26-22-10-5-4-7-18(22)2/h4-10,20,25H,11-16H2,1-3H3. The minimum atomic E-state index is -0.470. The number of nitrogens with zero attached hydrogens (tertiary/aromatic N) is 2. The van der Waals surface area contributed by atoms with Crippen LogP contribution in [0.3, 0.4) is 0 Å². The highest BCUT2D eigenvalue weighted by atomic mass is 16.5. The molecule has 0 saturated carbocycles. The van der Waals surface area contributed by atoms with Gasteiger partial charge in [0.25, 0.3) is 0 Å². The molecule has 0 spiro atoms. The molecule has 1 heterocycles. The molecular weight excluding hydrogens is 324 g/mol. The summed E-state index contributed by atoms with van der Waals surface area (Å²) >= 11 is 0. The van der Waals surface area contributed by atoms with Gasteiger partial charge in [0.15, 0.2) is 0 Å². The average Bonchev–Trinajstić information content (AvgIpc) is 2.64. The van der Waals surface area contributed by atoms with Gasteiger partial charge in [-0.25, -0.2) is 0 Å². The van der Waals surface area contributed by atoms with Crippen molar-refractivity contribution in [3.05, 3.63) is 59.2 Å². The summed E-state index contributed by atoms with van der Waals surface area (Å²) in [6.45, 7) is 11.3. The van der Waals surface area contributed by atoms with Gasteiger partial charge in [-0.3, -0.25) is 4.90 Å². The van der Waals surface area contributed by atoms with E-state index < -0.39 is 6.10 Å². The fourth-order valence-electron chi connectivity index (χ4n) is 3.50. The second-order valence-electron chi connectivity index (χ2n) is 7.24. The quantitative estimate of drug-likeness (QED) is 0.864. The molecule has 1 aliphatic heterocycles. The van der Waals surface area contributed by atoms with E-state index in [0.29, 0.717) is 13.2 Å². The predicted octanol–water partition coefficient (Wildman–Crippen LogP) is 3.17. The van der Waals surface area contributed by atoms with E-state index in [1.54, 1.807) is 0 Å². The summed E-state index contributed by atoms with van der Waals surface area (Å²) in [5, 5.41) is 10.3. The molecule has 0 radical (unpaired) electrons. The number of aliphatic hydroxyl groups excluding tert-OH is 1. The van der Waals surface area contributed by atoms with Crippen LogP contribution in [0.25, 0.3) is 0 Å². The smallest absolute Gasteiger partial charge is 0.122 e. The molecule has 1 saturated heterocycles. The van der Waals surface area contributed by atoms with E-state index in [2.05, 4.69) is 41.8 Å². The van der Waals surface area contributed by atoms with Crippen LogP contribution in [0.5, 0.6) is 5.75 Å². The van der Waals surface area contributed by atoms with Crippen LogP contribution in [0.1, 0.15) is 16.7 Å². The minimum absolute atomic E-state index is 0.335. The van der Waals surface area contributed by atoms with Gasteiger partial charge in [-0.05, 0) is 49.6 Å². The molecule has 1 aliphatic rings. The van der Waals surface area contributed by atoms with Gasteiger partial charge in [0.05, 0.1) is 0 Å². The van der Waals surface area contributed by atoms with Crippen LogP contribution < -0.4 is 9.64 Å². The number of para-hydroxylation sites is 1. The first-order chi connectivity index (χ1) is 12.5. The Morgan fingerprint density at radius 1 is 0.923 bits per heavy atom. The Kier molecular flexibility index (Phi) is 6.17. The zero-order valence-corrected chi connectivity index (χ0v) is 16.1. The highest BCUT2D eigenvalue weighted by Gasteiger charge is 2.21. The lowest BCUT2D eigenvalue weighted by Crippen LogP contribution is -2.49. The predicted molar refractivity (Wildman–Crippen MR) is 107 cm³/mol. The van der Waals surface area contributed by atoms with Gasteiger partial charge in [0.1, 0.15) is 18.5 Å². The number of hydrogen-bond acceptors (Lipinski definition) is 4. The summed E-state index contributed by atoms with van der Waals surface area (Å²) < 4.78 is 5.77. The van der Waals surface area contributed by atoms with E-state index in [4.69, 9.17) is 4.74 Å². The van der Waals surface area contributed by atoms with E-state index >= 15 is 0 Å². The molecule has 2 aromatic carbocycles. The third kappa shape index (κ3) is 4.57. The second kappa shape index (κ2) is 8.56. The lowest BCUT2D eigenvalue weighted by molar-refractivity contribution is 0.0661. The van der Waals surface area contributed by atoms with Crippen molar-refractivity contribution in [3.63, 3.8) is 0 Å². The van der Waals surface area contributed by atoms with E-state index in [0.717, 1.165) is 37.5 Å². The van der Waals surface area contributed by atoms with Gasteiger partial charge < -0.3 is 14.7 Å². The third-order valence-corrected chi connectivity index (χ3v) is 5.28. The lowest BCUT2D eigenvalue weighted by Gasteiger charge is -2.37. The van der Waals surface area contributed by atoms with Crippen molar-refractivity contribution < 1.29 is 9.84 Å². The number of ether oxygens (including phenoxy) is 1. The third-order valence-electron chi connectivity index (χ3n) is 5.28. The van der Waals surface area contributed by atoms with Crippen molar-refractivity contribution in [2.24, 2.45) is 0 Å². The number of benzene rings is 2. The maximum absolute atomic E-state index is 10.3. The topological polar surface area (TPSA) is 35.9 Å². The summed E-state index contributed by atoms with van der Waals surface area (Å²) in [7, 11) is 0. The van der Waals surface area contributed by atoms with Crippen LogP contribution in [0, 0.1) is 20.8 Å². The number of piperazine rings is 1. The summed E-state index contributed by atoms with van der Waals surface area (Å²) in [6.07, 6.45) is -0.470. The molecule has 2 aromatic rings. The minimum Gasteiger partial charge on any atom is -0.491 e.